The van der Waals surface area contributed by atoms with Crippen LogP contribution in [0.1, 0.15) is 25.3 Å². The van der Waals surface area contributed by atoms with Crippen LogP contribution >= 0.6 is 0 Å². The monoisotopic (exact) mass is 281 g/mol. The van der Waals surface area contributed by atoms with E-state index in [0.717, 1.165) is 44.2 Å². The Kier molecular flexibility index (Phi) is 5.14. The fourth-order valence-corrected chi connectivity index (χ4v) is 2.20. The molecule has 0 saturated carbocycles. The number of hydrogen-bond donors (Lipinski definition) is 0. The molecule has 1 fully saturated rings. The van der Waals surface area contributed by atoms with Crippen molar-refractivity contribution in [3.63, 3.8) is 0 Å². The zero-order chi connectivity index (χ0) is 14.5. The minimum atomic E-state index is 0.0776. The molecule has 0 unspecified atom stereocenters. The third-order valence-corrected chi connectivity index (χ3v) is 3.32. The van der Waals surface area contributed by atoms with E-state index in [9.17, 15) is 4.79 Å². The molecular weight excluding hydrogens is 258 g/mol. The van der Waals surface area contributed by atoms with E-state index in [2.05, 4.69) is 10.1 Å². The molecule has 1 aliphatic rings. The van der Waals surface area contributed by atoms with Crippen LogP contribution in [0.2, 0.25) is 0 Å². The van der Waals surface area contributed by atoms with Crippen LogP contribution in [-0.2, 0) is 16.1 Å². The van der Waals surface area contributed by atoms with Gasteiger partial charge in [0.25, 0.3) is 0 Å². The quantitative estimate of drug-likeness (QED) is 0.807. The molecular formula is C14H23N3O3. The molecule has 6 heteroatoms. The second-order valence-corrected chi connectivity index (χ2v) is 5.45. The molecule has 1 aromatic rings. The van der Waals surface area contributed by atoms with E-state index in [1.807, 2.05) is 31.7 Å². The highest BCUT2D eigenvalue weighted by molar-refractivity contribution is 5.77. The Labute approximate surface area is 119 Å². The molecule has 1 aliphatic heterocycles. The maximum atomic E-state index is 11.9. The van der Waals surface area contributed by atoms with Crippen molar-refractivity contribution in [1.82, 2.24) is 15.0 Å². The Bertz CT molecular complexity index is 437. The van der Waals surface area contributed by atoms with Crippen molar-refractivity contribution >= 4 is 5.91 Å². The number of nitrogens with zero attached hydrogens (tertiary/aromatic N) is 3. The first-order valence-electron chi connectivity index (χ1n) is 7.08. The van der Waals surface area contributed by atoms with Crippen LogP contribution in [-0.4, -0.2) is 59.8 Å². The molecule has 0 N–H and O–H groups in total. The number of ether oxygens (including phenoxy) is 1. The molecule has 112 valence electrons. The maximum absolute atomic E-state index is 11.9. The molecule has 0 spiro atoms. The average Bonchev–Trinajstić information content (AvgIpc) is 2.82. The van der Waals surface area contributed by atoms with Crippen LogP contribution < -0.4 is 0 Å². The molecule has 0 radical (unpaired) electrons. The molecule has 2 heterocycles. The van der Waals surface area contributed by atoms with E-state index in [0.29, 0.717) is 0 Å². The predicted molar refractivity (Wildman–Crippen MR) is 74.2 cm³/mol. The van der Waals surface area contributed by atoms with E-state index in [-0.39, 0.29) is 18.6 Å². The van der Waals surface area contributed by atoms with Crippen molar-refractivity contribution < 1.29 is 14.1 Å². The van der Waals surface area contributed by atoms with Gasteiger partial charge in [0, 0.05) is 32.2 Å². The third kappa shape index (κ3) is 4.31. The van der Waals surface area contributed by atoms with Crippen molar-refractivity contribution in [1.29, 1.82) is 0 Å². The van der Waals surface area contributed by atoms with E-state index in [1.165, 1.54) is 0 Å². The van der Waals surface area contributed by atoms with Gasteiger partial charge in [-0.05, 0) is 20.8 Å². The predicted octanol–water partition coefficient (Wildman–Crippen LogP) is 1.05. The van der Waals surface area contributed by atoms with Gasteiger partial charge in [-0.2, -0.15) is 0 Å². The maximum Gasteiger partial charge on any atom is 0.248 e. The Morgan fingerprint density at radius 2 is 2.10 bits per heavy atom. The van der Waals surface area contributed by atoms with Gasteiger partial charge in [-0.25, -0.2) is 0 Å². The van der Waals surface area contributed by atoms with E-state index in [4.69, 9.17) is 9.26 Å². The lowest BCUT2D eigenvalue weighted by atomic mass is 10.3. The van der Waals surface area contributed by atoms with Crippen molar-refractivity contribution in [2.45, 2.75) is 33.4 Å². The van der Waals surface area contributed by atoms with Crippen LogP contribution in [0, 0.1) is 6.92 Å². The molecule has 2 rings (SSSR count). The first-order chi connectivity index (χ1) is 9.54. The Hall–Kier alpha value is -1.40. The summed E-state index contributed by atoms with van der Waals surface area (Å²) in [6.45, 7) is 9.92. The number of aryl methyl sites for hydroxylation is 1. The lowest BCUT2D eigenvalue weighted by Crippen LogP contribution is -2.49. The summed E-state index contributed by atoms with van der Waals surface area (Å²) in [5, 5.41) is 3.88. The van der Waals surface area contributed by atoms with Crippen LogP contribution in [0.25, 0.3) is 0 Å². The van der Waals surface area contributed by atoms with Gasteiger partial charge in [-0.15, -0.1) is 0 Å². The standard InChI is InChI=1S/C14H23N3O3/c1-11(2)19-10-14(18)17-6-4-16(5-7-17)9-13-8-12(3)15-20-13/h8,11H,4-7,9-10H2,1-3H3. The Balaban J connectivity index is 1.73. The SMILES string of the molecule is Cc1cc(CN2CCN(C(=O)COC(C)C)CC2)on1. The Morgan fingerprint density at radius 1 is 1.40 bits per heavy atom. The second kappa shape index (κ2) is 6.85. The van der Waals surface area contributed by atoms with Gasteiger partial charge in [0.1, 0.15) is 6.61 Å². The minimum absolute atomic E-state index is 0.0776. The second-order valence-electron chi connectivity index (χ2n) is 5.45. The largest absolute Gasteiger partial charge is 0.369 e. The number of piperazine rings is 1. The Morgan fingerprint density at radius 3 is 2.65 bits per heavy atom. The van der Waals surface area contributed by atoms with Gasteiger partial charge in [0.05, 0.1) is 18.3 Å². The van der Waals surface area contributed by atoms with Crippen molar-refractivity contribution in [3.8, 4) is 0 Å². The molecule has 0 aliphatic carbocycles. The summed E-state index contributed by atoms with van der Waals surface area (Å²) in [5.41, 5.74) is 0.902. The molecule has 1 aromatic heterocycles. The molecule has 0 atom stereocenters. The smallest absolute Gasteiger partial charge is 0.248 e. The number of carbonyl (C=O) groups excluding carboxylic acids is 1. The van der Waals surface area contributed by atoms with Gasteiger partial charge in [-0.3, -0.25) is 9.69 Å². The molecule has 0 bridgehead atoms. The normalized spacial score (nSPS) is 16.9. The topological polar surface area (TPSA) is 58.8 Å². The average molecular weight is 281 g/mol. The van der Waals surface area contributed by atoms with Gasteiger partial charge in [0.2, 0.25) is 5.91 Å². The summed E-state index contributed by atoms with van der Waals surface area (Å²) >= 11 is 0. The molecule has 0 aromatic carbocycles. The van der Waals surface area contributed by atoms with E-state index < -0.39 is 0 Å². The molecule has 6 nitrogen and oxygen atoms in total. The third-order valence-electron chi connectivity index (χ3n) is 3.32. The lowest BCUT2D eigenvalue weighted by Gasteiger charge is -2.34. The summed E-state index contributed by atoms with van der Waals surface area (Å²) in [6, 6.07) is 1.95. The summed E-state index contributed by atoms with van der Waals surface area (Å²) in [5.74, 6) is 0.958. The number of carbonyl (C=O) groups is 1. The highest BCUT2D eigenvalue weighted by atomic mass is 16.5. The molecule has 1 amide bonds. The van der Waals surface area contributed by atoms with E-state index in [1.54, 1.807) is 0 Å². The fourth-order valence-electron chi connectivity index (χ4n) is 2.20. The summed E-state index contributed by atoms with van der Waals surface area (Å²) in [7, 11) is 0. The van der Waals surface area contributed by atoms with Crippen LogP contribution in [0.4, 0.5) is 0 Å². The summed E-state index contributed by atoms with van der Waals surface area (Å²) < 4.78 is 10.6. The first-order valence-corrected chi connectivity index (χ1v) is 7.08. The lowest BCUT2D eigenvalue weighted by molar-refractivity contribution is -0.139. The van der Waals surface area contributed by atoms with Gasteiger partial charge < -0.3 is 14.2 Å². The first kappa shape index (κ1) is 15.0. The number of rotatable bonds is 5. The van der Waals surface area contributed by atoms with Crippen molar-refractivity contribution in [2.75, 3.05) is 32.8 Å². The van der Waals surface area contributed by atoms with Gasteiger partial charge >= 0.3 is 0 Å². The molecule has 1 saturated heterocycles. The van der Waals surface area contributed by atoms with Crippen molar-refractivity contribution in [2.24, 2.45) is 0 Å². The van der Waals surface area contributed by atoms with Gasteiger partial charge in [0.15, 0.2) is 5.76 Å². The summed E-state index contributed by atoms with van der Waals surface area (Å²) in [6.07, 6.45) is 0.0925. The zero-order valence-corrected chi connectivity index (χ0v) is 12.5. The summed E-state index contributed by atoms with van der Waals surface area (Å²) in [4.78, 5) is 16.1. The van der Waals surface area contributed by atoms with Gasteiger partial charge in [-0.1, -0.05) is 5.16 Å². The van der Waals surface area contributed by atoms with Crippen molar-refractivity contribution in [3.05, 3.63) is 17.5 Å². The molecule has 20 heavy (non-hydrogen) atoms. The number of amides is 1. The van der Waals surface area contributed by atoms with Crippen LogP contribution in [0.5, 0.6) is 0 Å². The zero-order valence-electron chi connectivity index (χ0n) is 12.5. The fraction of sp³-hybridized carbons (Fsp3) is 0.714. The number of aromatic nitrogens is 1. The minimum Gasteiger partial charge on any atom is -0.369 e. The van der Waals surface area contributed by atoms with Crippen LogP contribution in [0.3, 0.4) is 0 Å². The van der Waals surface area contributed by atoms with Crippen LogP contribution in [0.15, 0.2) is 10.6 Å². The highest BCUT2D eigenvalue weighted by Crippen LogP contribution is 2.10. The highest BCUT2D eigenvalue weighted by Gasteiger charge is 2.22. The van der Waals surface area contributed by atoms with E-state index >= 15 is 0 Å². The number of hydrogen-bond acceptors (Lipinski definition) is 5.